The third-order valence-corrected chi connectivity index (χ3v) is 3.63. The van der Waals surface area contributed by atoms with Gasteiger partial charge in [0, 0.05) is 12.5 Å². The Bertz CT molecular complexity index is 309. The largest absolute Gasteiger partial charge is 0.352 e. The van der Waals surface area contributed by atoms with Gasteiger partial charge in [0.1, 0.15) is 6.04 Å². The lowest BCUT2D eigenvalue weighted by Crippen LogP contribution is -2.46. The van der Waals surface area contributed by atoms with Gasteiger partial charge in [-0.25, -0.2) is 0 Å². The summed E-state index contributed by atoms with van der Waals surface area (Å²) in [6.45, 7) is 3.74. The molecule has 102 valence electrons. The molecule has 1 heterocycles. The number of hydrogen-bond donors (Lipinski definition) is 3. The molecule has 1 aliphatic heterocycles. The minimum Gasteiger partial charge on any atom is -0.352 e. The fourth-order valence-corrected chi connectivity index (χ4v) is 2.27. The number of rotatable bonds is 5. The van der Waals surface area contributed by atoms with Gasteiger partial charge in [-0.2, -0.15) is 0 Å². The Morgan fingerprint density at radius 1 is 1.22 bits per heavy atom. The molecule has 1 atom stereocenters. The first-order chi connectivity index (χ1) is 8.65. The van der Waals surface area contributed by atoms with E-state index in [0.717, 1.165) is 38.8 Å². The van der Waals surface area contributed by atoms with Crippen molar-refractivity contribution in [1.29, 1.82) is 0 Å². The van der Waals surface area contributed by atoms with Crippen molar-refractivity contribution < 1.29 is 9.59 Å². The number of piperidine rings is 1. The maximum Gasteiger partial charge on any atom is 0.242 e. The molecule has 0 aromatic rings. The average molecular weight is 253 g/mol. The molecule has 1 unspecified atom stereocenters. The van der Waals surface area contributed by atoms with Gasteiger partial charge in [0.2, 0.25) is 11.8 Å². The van der Waals surface area contributed by atoms with E-state index >= 15 is 0 Å². The van der Waals surface area contributed by atoms with Crippen LogP contribution >= 0.6 is 0 Å². The standard InChI is InChI=1S/C13H23N3O2/c1-9(13(18)16-11-2-3-11)15-12(17)8-10-4-6-14-7-5-10/h9-11,14H,2-8H2,1H3,(H,15,17)(H,16,18). The maximum atomic E-state index is 11.8. The van der Waals surface area contributed by atoms with E-state index in [1.807, 2.05) is 0 Å². The predicted molar refractivity (Wildman–Crippen MR) is 69.0 cm³/mol. The molecule has 1 aliphatic carbocycles. The van der Waals surface area contributed by atoms with Gasteiger partial charge in [-0.05, 0) is 51.6 Å². The highest BCUT2D eigenvalue weighted by atomic mass is 16.2. The van der Waals surface area contributed by atoms with E-state index in [-0.39, 0.29) is 11.8 Å². The predicted octanol–water partition coefficient (Wildman–Crippen LogP) is 0.159. The van der Waals surface area contributed by atoms with E-state index in [1.54, 1.807) is 6.92 Å². The third-order valence-electron chi connectivity index (χ3n) is 3.63. The van der Waals surface area contributed by atoms with Gasteiger partial charge in [0.25, 0.3) is 0 Å². The summed E-state index contributed by atoms with van der Waals surface area (Å²) in [5.74, 6) is 0.404. The fraction of sp³-hybridized carbons (Fsp3) is 0.846. The molecule has 1 saturated carbocycles. The number of carbonyl (C=O) groups is 2. The lowest BCUT2D eigenvalue weighted by atomic mass is 9.94. The van der Waals surface area contributed by atoms with Gasteiger partial charge in [-0.3, -0.25) is 9.59 Å². The fourth-order valence-electron chi connectivity index (χ4n) is 2.27. The van der Waals surface area contributed by atoms with Gasteiger partial charge >= 0.3 is 0 Å². The molecule has 3 N–H and O–H groups in total. The molecule has 2 fully saturated rings. The summed E-state index contributed by atoms with van der Waals surface area (Å²) >= 11 is 0. The summed E-state index contributed by atoms with van der Waals surface area (Å²) < 4.78 is 0. The molecule has 1 saturated heterocycles. The Hall–Kier alpha value is -1.10. The highest BCUT2D eigenvalue weighted by Gasteiger charge is 2.26. The molecule has 0 bridgehead atoms. The monoisotopic (exact) mass is 253 g/mol. The summed E-state index contributed by atoms with van der Waals surface area (Å²) in [4.78, 5) is 23.5. The van der Waals surface area contributed by atoms with Crippen molar-refractivity contribution in [3.05, 3.63) is 0 Å². The average Bonchev–Trinajstić information content (AvgIpc) is 3.14. The van der Waals surface area contributed by atoms with Crippen molar-refractivity contribution in [3.63, 3.8) is 0 Å². The van der Waals surface area contributed by atoms with Gasteiger partial charge in [0.05, 0.1) is 0 Å². The van der Waals surface area contributed by atoms with E-state index in [4.69, 9.17) is 0 Å². The lowest BCUT2D eigenvalue weighted by Gasteiger charge is -2.22. The van der Waals surface area contributed by atoms with Crippen LogP contribution in [0.2, 0.25) is 0 Å². The summed E-state index contributed by atoms with van der Waals surface area (Å²) in [7, 11) is 0. The van der Waals surface area contributed by atoms with Gasteiger partial charge in [-0.1, -0.05) is 0 Å². The van der Waals surface area contributed by atoms with Crippen LogP contribution in [0.4, 0.5) is 0 Å². The smallest absolute Gasteiger partial charge is 0.242 e. The zero-order chi connectivity index (χ0) is 13.0. The molecular weight excluding hydrogens is 230 g/mol. The van der Waals surface area contributed by atoms with Gasteiger partial charge in [0.15, 0.2) is 0 Å². The first-order valence-electron chi connectivity index (χ1n) is 6.95. The van der Waals surface area contributed by atoms with Crippen LogP contribution < -0.4 is 16.0 Å². The van der Waals surface area contributed by atoms with Crippen LogP contribution in [0.3, 0.4) is 0 Å². The molecule has 5 heteroatoms. The topological polar surface area (TPSA) is 70.2 Å². The van der Waals surface area contributed by atoms with Crippen LogP contribution in [-0.4, -0.2) is 37.0 Å². The summed E-state index contributed by atoms with van der Waals surface area (Å²) in [5, 5.41) is 8.97. The Labute approximate surface area is 108 Å². The number of carbonyl (C=O) groups excluding carboxylic acids is 2. The molecule has 0 spiro atoms. The van der Waals surface area contributed by atoms with E-state index in [9.17, 15) is 9.59 Å². The van der Waals surface area contributed by atoms with Gasteiger partial charge in [-0.15, -0.1) is 0 Å². The highest BCUT2D eigenvalue weighted by molar-refractivity contribution is 5.87. The van der Waals surface area contributed by atoms with Crippen molar-refractivity contribution in [2.75, 3.05) is 13.1 Å². The van der Waals surface area contributed by atoms with E-state index in [1.165, 1.54) is 0 Å². The van der Waals surface area contributed by atoms with Crippen molar-refractivity contribution in [3.8, 4) is 0 Å². The Morgan fingerprint density at radius 3 is 2.50 bits per heavy atom. The zero-order valence-electron chi connectivity index (χ0n) is 11.0. The van der Waals surface area contributed by atoms with E-state index in [2.05, 4.69) is 16.0 Å². The molecule has 2 rings (SSSR count). The SMILES string of the molecule is CC(NC(=O)CC1CCNCC1)C(=O)NC1CC1. The number of amides is 2. The molecular formula is C13H23N3O2. The Balaban J connectivity index is 1.66. The molecule has 2 aliphatic rings. The highest BCUT2D eigenvalue weighted by Crippen LogP contribution is 2.18. The lowest BCUT2D eigenvalue weighted by molar-refractivity contribution is -0.129. The van der Waals surface area contributed by atoms with Crippen LogP contribution in [-0.2, 0) is 9.59 Å². The second-order valence-electron chi connectivity index (χ2n) is 5.47. The first kappa shape index (κ1) is 13.3. The van der Waals surface area contributed by atoms with E-state index in [0.29, 0.717) is 18.4 Å². The van der Waals surface area contributed by atoms with Crippen LogP contribution in [0.15, 0.2) is 0 Å². The van der Waals surface area contributed by atoms with Crippen molar-refractivity contribution in [2.24, 2.45) is 5.92 Å². The molecule has 0 aromatic heterocycles. The van der Waals surface area contributed by atoms with Crippen molar-refractivity contribution >= 4 is 11.8 Å². The third kappa shape index (κ3) is 4.29. The normalized spacial score (nSPS) is 22.3. The summed E-state index contributed by atoms with van der Waals surface area (Å²) in [5.41, 5.74) is 0. The van der Waals surface area contributed by atoms with Crippen molar-refractivity contribution in [1.82, 2.24) is 16.0 Å². The quantitative estimate of drug-likeness (QED) is 0.653. The molecule has 0 aromatic carbocycles. The minimum atomic E-state index is -0.417. The Morgan fingerprint density at radius 2 is 1.89 bits per heavy atom. The minimum absolute atomic E-state index is 0.000321. The second-order valence-corrected chi connectivity index (χ2v) is 5.47. The summed E-state index contributed by atoms with van der Waals surface area (Å²) in [6, 6.07) is -0.0684. The molecule has 18 heavy (non-hydrogen) atoms. The van der Waals surface area contributed by atoms with Crippen molar-refractivity contribution in [2.45, 2.75) is 51.1 Å². The number of hydrogen-bond acceptors (Lipinski definition) is 3. The number of nitrogens with one attached hydrogen (secondary N) is 3. The van der Waals surface area contributed by atoms with Crippen LogP contribution in [0.5, 0.6) is 0 Å². The van der Waals surface area contributed by atoms with Crippen LogP contribution in [0.1, 0.15) is 39.0 Å². The molecule has 0 radical (unpaired) electrons. The summed E-state index contributed by atoms with van der Waals surface area (Å²) in [6.07, 6.45) is 4.79. The molecule has 5 nitrogen and oxygen atoms in total. The maximum absolute atomic E-state index is 11.8. The zero-order valence-corrected chi connectivity index (χ0v) is 11.0. The van der Waals surface area contributed by atoms with Crippen LogP contribution in [0.25, 0.3) is 0 Å². The van der Waals surface area contributed by atoms with Gasteiger partial charge < -0.3 is 16.0 Å². The Kier molecular flexibility index (Phi) is 4.58. The second kappa shape index (κ2) is 6.18. The van der Waals surface area contributed by atoms with E-state index < -0.39 is 6.04 Å². The van der Waals surface area contributed by atoms with Crippen LogP contribution in [0, 0.1) is 5.92 Å². The molecule has 2 amide bonds. The first-order valence-corrected chi connectivity index (χ1v) is 6.95.